The SMILES string of the molecule is N[C@H](c1c(O)cc(Cl)cc1Cl)C1CCCC1. The van der Waals surface area contributed by atoms with Crippen molar-refractivity contribution in [1.29, 1.82) is 0 Å². The maximum atomic E-state index is 9.85. The Hall–Kier alpha value is -0.440. The molecule has 2 rings (SSSR count). The first-order valence-corrected chi connectivity index (χ1v) is 6.28. The maximum absolute atomic E-state index is 9.85. The highest BCUT2D eigenvalue weighted by Gasteiger charge is 2.27. The summed E-state index contributed by atoms with van der Waals surface area (Å²) >= 11 is 11.9. The van der Waals surface area contributed by atoms with Crippen LogP contribution in [0.3, 0.4) is 0 Å². The first kappa shape index (κ1) is 12.0. The van der Waals surface area contributed by atoms with E-state index in [1.54, 1.807) is 6.07 Å². The third-order valence-corrected chi connectivity index (χ3v) is 3.84. The Morgan fingerprint density at radius 1 is 1.25 bits per heavy atom. The van der Waals surface area contributed by atoms with Crippen LogP contribution in [-0.2, 0) is 0 Å². The Balaban J connectivity index is 2.31. The third kappa shape index (κ3) is 2.29. The Kier molecular flexibility index (Phi) is 3.63. The molecular weight excluding hydrogens is 245 g/mol. The average Bonchev–Trinajstić information content (AvgIpc) is 2.67. The molecule has 1 aliphatic rings. The molecule has 1 aromatic rings. The van der Waals surface area contributed by atoms with Gasteiger partial charge in [0, 0.05) is 16.6 Å². The van der Waals surface area contributed by atoms with Gasteiger partial charge >= 0.3 is 0 Å². The number of aromatic hydroxyl groups is 1. The van der Waals surface area contributed by atoms with Crippen LogP contribution in [0, 0.1) is 5.92 Å². The number of benzene rings is 1. The number of hydrogen-bond donors (Lipinski definition) is 2. The van der Waals surface area contributed by atoms with E-state index in [1.165, 1.54) is 18.9 Å². The van der Waals surface area contributed by atoms with Crippen molar-refractivity contribution in [3.05, 3.63) is 27.7 Å². The number of halogens is 2. The molecule has 3 N–H and O–H groups in total. The molecular formula is C12H15Cl2NO. The van der Waals surface area contributed by atoms with Crippen molar-refractivity contribution in [2.75, 3.05) is 0 Å². The smallest absolute Gasteiger partial charge is 0.123 e. The van der Waals surface area contributed by atoms with Gasteiger partial charge in [-0.1, -0.05) is 36.0 Å². The summed E-state index contributed by atoms with van der Waals surface area (Å²) in [5.41, 5.74) is 6.80. The third-order valence-electron chi connectivity index (χ3n) is 3.31. The molecule has 0 heterocycles. The fourth-order valence-electron chi connectivity index (χ4n) is 2.45. The minimum Gasteiger partial charge on any atom is -0.508 e. The molecule has 0 radical (unpaired) electrons. The number of rotatable bonds is 2. The monoisotopic (exact) mass is 259 g/mol. The largest absolute Gasteiger partial charge is 0.508 e. The zero-order chi connectivity index (χ0) is 11.7. The van der Waals surface area contributed by atoms with Crippen LogP contribution >= 0.6 is 23.2 Å². The predicted octanol–water partition coefficient (Wildman–Crippen LogP) is 3.89. The van der Waals surface area contributed by atoms with E-state index in [2.05, 4.69) is 0 Å². The summed E-state index contributed by atoms with van der Waals surface area (Å²) in [7, 11) is 0. The predicted molar refractivity (Wildman–Crippen MR) is 67.0 cm³/mol. The van der Waals surface area contributed by atoms with Crippen LogP contribution in [-0.4, -0.2) is 5.11 Å². The Morgan fingerprint density at radius 3 is 2.44 bits per heavy atom. The molecule has 88 valence electrons. The molecule has 0 unspecified atom stereocenters. The zero-order valence-electron chi connectivity index (χ0n) is 8.92. The molecule has 0 amide bonds. The van der Waals surface area contributed by atoms with Crippen LogP contribution in [0.1, 0.15) is 37.3 Å². The fraction of sp³-hybridized carbons (Fsp3) is 0.500. The lowest BCUT2D eigenvalue weighted by molar-refractivity contribution is 0.412. The van der Waals surface area contributed by atoms with E-state index in [0.717, 1.165) is 12.8 Å². The van der Waals surface area contributed by atoms with Crippen LogP contribution in [0.15, 0.2) is 12.1 Å². The average molecular weight is 260 g/mol. The van der Waals surface area contributed by atoms with Crippen molar-refractivity contribution in [2.45, 2.75) is 31.7 Å². The van der Waals surface area contributed by atoms with E-state index in [-0.39, 0.29) is 11.8 Å². The lowest BCUT2D eigenvalue weighted by Crippen LogP contribution is -2.19. The minimum absolute atomic E-state index is 0.108. The van der Waals surface area contributed by atoms with Gasteiger partial charge in [-0.2, -0.15) is 0 Å². The van der Waals surface area contributed by atoms with Crippen molar-refractivity contribution in [3.8, 4) is 5.75 Å². The van der Waals surface area contributed by atoms with Gasteiger partial charge in [-0.3, -0.25) is 0 Å². The maximum Gasteiger partial charge on any atom is 0.123 e. The van der Waals surface area contributed by atoms with Gasteiger partial charge in [-0.15, -0.1) is 0 Å². The van der Waals surface area contributed by atoms with Crippen LogP contribution in [0.25, 0.3) is 0 Å². The molecule has 0 spiro atoms. The topological polar surface area (TPSA) is 46.2 Å². The molecule has 1 saturated carbocycles. The summed E-state index contributed by atoms with van der Waals surface area (Å²) in [5, 5.41) is 10.8. The highest BCUT2D eigenvalue weighted by molar-refractivity contribution is 6.35. The van der Waals surface area contributed by atoms with E-state index in [9.17, 15) is 5.11 Å². The van der Waals surface area contributed by atoms with Crippen molar-refractivity contribution in [3.63, 3.8) is 0 Å². The van der Waals surface area contributed by atoms with Crippen molar-refractivity contribution >= 4 is 23.2 Å². The summed E-state index contributed by atoms with van der Waals surface area (Å²) in [6, 6.07) is 2.94. The Labute approximate surface area is 105 Å². The number of phenols is 1. The van der Waals surface area contributed by atoms with Crippen molar-refractivity contribution in [2.24, 2.45) is 11.7 Å². The molecule has 1 aromatic carbocycles. The number of nitrogens with two attached hydrogens (primary N) is 1. The van der Waals surface area contributed by atoms with Gasteiger partial charge in [0.15, 0.2) is 0 Å². The molecule has 1 aliphatic carbocycles. The minimum atomic E-state index is -0.188. The molecule has 1 fully saturated rings. The zero-order valence-corrected chi connectivity index (χ0v) is 10.4. The molecule has 2 nitrogen and oxygen atoms in total. The molecule has 0 aromatic heterocycles. The van der Waals surface area contributed by atoms with Gasteiger partial charge in [0.1, 0.15) is 5.75 Å². The number of hydrogen-bond acceptors (Lipinski definition) is 2. The molecule has 0 saturated heterocycles. The molecule has 4 heteroatoms. The quantitative estimate of drug-likeness (QED) is 0.847. The van der Waals surface area contributed by atoms with Crippen LogP contribution in [0.2, 0.25) is 10.0 Å². The summed E-state index contributed by atoms with van der Waals surface area (Å²) < 4.78 is 0. The van der Waals surface area contributed by atoms with E-state index in [4.69, 9.17) is 28.9 Å². The molecule has 16 heavy (non-hydrogen) atoms. The second kappa shape index (κ2) is 4.82. The normalized spacial score (nSPS) is 18.9. The van der Waals surface area contributed by atoms with Crippen LogP contribution in [0.5, 0.6) is 5.75 Å². The molecule has 1 atom stereocenters. The van der Waals surface area contributed by atoms with E-state index < -0.39 is 0 Å². The highest BCUT2D eigenvalue weighted by atomic mass is 35.5. The second-order valence-electron chi connectivity index (χ2n) is 4.39. The summed E-state index contributed by atoms with van der Waals surface area (Å²) in [6.07, 6.45) is 4.65. The molecule has 0 bridgehead atoms. The lowest BCUT2D eigenvalue weighted by Gasteiger charge is -2.21. The van der Waals surface area contributed by atoms with Crippen molar-refractivity contribution in [1.82, 2.24) is 0 Å². The number of phenolic OH excluding ortho intramolecular Hbond substituents is 1. The summed E-state index contributed by atoms with van der Waals surface area (Å²) in [4.78, 5) is 0. The van der Waals surface area contributed by atoms with E-state index in [1.807, 2.05) is 0 Å². The van der Waals surface area contributed by atoms with Gasteiger partial charge in [-0.05, 0) is 30.9 Å². The lowest BCUT2D eigenvalue weighted by atomic mass is 9.92. The highest BCUT2D eigenvalue weighted by Crippen LogP contribution is 2.41. The van der Waals surface area contributed by atoms with Gasteiger partial charge in [0.2, 0.25) is 0 Å². The second-order valence-corrected chi connectivity index (χ2v) is 5.23. The summed E-state index contributed by atoms with van der Waals surface area (Å²) in [5.74, 6) is 0.529. The van der Waals surface area contributed by atoms with E-state index >= 15 is 0 Å². The van der Waals surface area contributed by atoms with Crippen LogP contribution < -0.4 is 5.73 Å². The van der Waals surface area contributed by atoms with Gasteiger partial charge in [-0.25, -0.2) is 0 Å². The van der Waals surface area contributed by atoms with Gasteiger partial charge in [0.25, 0.3) is 0 Å². The standard InChI is InChI=1S/C12H15Cl2NO/c13-8-5-9(14)11(10(16)6-8)12(15)7-3-1-2-4-7/h5-7,12,16H,1-4,15H2/t12-/m0/s1. The van der Waals surface area contributed by atoms with Crippen LogP contribution in [0.4, 0.5) is 0 Å². The fourth-order valence-corrected chi connectivity index (χ4v) is 3.06. The Morgan fingerprint density at radius 2 is 1.88 bits per heavy atom. The van der Waals surface area contributed by atoms with E-state index in [0.29, 0.717) is 21.5 Å². The first-order chi connectivity index (χ1) is 7.59. The first-order valence-electron chi connectivity index (χ1n) is 5.53. The van der Waals surface area contributed by atoms with Gasteiger partial charge in [0.05, 0.1) is 5.02 Å². The Bertz CT molecular complexity index is 366. The summed E-state index contributed by atoms with van der Waals surface area (Å²) in [6.45, 7) is 0. The van der Waals surface area contributed by atoms with Crippen molar-refractivity contribution < 1.29 is 5.11 Å². The molecule has 0 aliphatic heterocycles. The van der Waals surface area contributed by atoms with Gasteiger partial charge < -0.3 is 10.8 Å².